The van der Waals surface area contributed by atoms with Crippen LogP contribution in [0.4, 0.5) is 0 Å². The Labute approximate surface area is 123 Å². The minimum Gasteiger partial charge on any atom is -0.455 e. The average molecular weight is 288 g/mol. The molecule has 1 aromatic heterocycles. The Morgan fingerprint density at radius 1 is 1.29 bits per heavy atom. The van der Waals surface area contributed by atoms with Crippen LogP contribution in [0.1, 0.15) is 19.4 Å². The van der Waals surface area contributed by atoms with Gasteiger partial charge in [0.15, 0.2) is 6.61 Å². The second kappa shape index (κ2) is 6.92. The minimum atomic E-state index is -0.403. The van der Waals surface area contributed by atoms with Gasteiger partial charge in [-0.15, -0.1) is 0 Å². The molecule has 1 amide bonds. The molecule has 0 fully saturated rings. The molecule has 0 saturated carbocycles. The van der Waals surface area contributed by atoms with E-state index in [1.807, 2.05) is 38.1 Å². The Bertz CT molecular complexity index is 631. The van der Waals surface area contributed by atoms with Crippen LogP contribution in [0.2, 0.25) is 0 Å². The quantitative estimate of drug-likeness (QED) is 0.799. The first-order valence-electron chi connectivity index (χ1n) is 7.03. The molecule has 21 heavy (non-hydrogen) atoms. The van der Waals surface area contributed by atoms with Crippen LogP contribution in [0.3, 0.4) is 0 Å². The van der Waals surface area contributed by atoms with Crippen LogP contribution in [0.5, 0.6) is 0 Å². The van der Waals surface area contributed by atoms with E-state index in [0.29, 0.717) is 12.5 Å². The summed E-state index contributed by atoms with van der Waals surface area (Å²) >= 11 is 0. The molecular weight excluding hydrogens is 268 g/mol. The molecule has 0 aliphatic rings. The third-order valence-corrected chi connectivity index (χ3v) is 3.08. The third-order valence-electron chi connectivity index (χ3n) is 3.08. The summed E-state index contributed by atoms with van der Waals surface area (Å²) in [4.78, 5) is 26.4. The smallest absolute Gasteiger partial charge is 0.310 e. The van der Waals surface area contributed by atoms with E-state index in [9.17, 15) is 9.59 Å². The highest BCUT2D eigenvalue weighted by Gasteiger charge is 2.11. The molecule has 0 unspecified atom stereocenters. The van der Waals surface area contributed by atoms with E-state index >= 15 is 0 Å². The van der Waals surface area contributed by atoms with Crippen molar-refractivity contribution in [3.63, 3.8) is 0 Å². The van der Waals surface area contributed by atoms with Gasteiger partial charge >= 0.3 is 5.97 Å². The predicted octanol–water partition coefficient (Wildman–Crippen LogP) is 2.03. The van der Waals surface area contributed by atoms with Gasteiger partial charge in [-0.25, -0.2) is 0 Å². The molecule has 2 aromatic rings. The van der Waals surface area contributed by atoms with Crippen molar-refractivity contribution in [2.45, 2.75) is 20.3 Å². The number of ether oxygens (including phenoxy) is 1. The largest absolute Gasteiger partial charge is 0.455 e. The van der Waals surface area contributed by atoms with Gasteiger partial charge in [0, 0.05) is 23.6 Å². The fourth-order valence-corrected chi connectivity index (χ4v) is 2.00. The molecule has 0 radical (unpaired) electrons. The molecule has 0 spiro atoms. The van der Waals surface area contributed by atoms with Crippen molar-refractivity contribution in [2.24, 2.45) is 5.92 Å². The number of para-hydroxylation sites is 1. The number of rotatable bonds is 6. The maximum Gasteiger partial charge on any atom is 0.310 e. The molecule has 0 aliphatic carbocycles. The molecular formula is C16H20N2O3. The number of hydrogen-bond acceptors (Lipinski definition) is 3. The van der Waals surface area contributed by atoms with E-state index in [2.05, 4.69) is 10.3 Å². The monoisotopic (exact) mass is 288 g/mol. The van der Waals surface area contributed by atoms with Gasteiger partial charge in [-0.2, -0.15) is 0 Å². The lowest BCUT2D eigenvalue weighted by Gasteiger charge is -2.08. The summed E-state index contributed by atoms with van der Waals surface area (Å²) < 4.78 is 4.99. The van der Waals surface area contributed by atoms with E-state index in [1.165, 1.54) is 0 Å². The van der Waals surface area contributed by atoms with Crippen molar-refractivity contribution in [3.8, 4) is 0 Å². The second-order valence-electron chi connectivity index (χ2n) is 5.39. The first-order valence-corrected chi connectivity index (χ1v) is 7.03. The van der Waals surface area contributed by atoms with E-state index in [4.69, 9.17) is 4.74 Å². The number of H-pyrrole nitrogens is 1. The number of amides is 1. The topological polar surface area (TPSA) is 71.2 Å². The Morgan fingerprint density at radius 3 is 2.81 bits per heavy atom. The number of esters is 1. The molecule has 5 heteroatoms. The van der Waals surface area contributed by atoms with Crippen LogP contribution in [0.25, 0.3) is 10.9 Å². The van der Waals surface area contributed by atoms with Crippen molar-refractivity contribution in [1.29, 1.82) is 0 Å². The standard InChI is InChI=1S/C16H20N2O3/c1-11(2)8-18-15(19)10-21-16(20)7-12-9-17-14-6-4-3-5-13(12)14/h3-6,9,11,17H,7-8,10H2,1-2H3,(H,18,19). The third kappa shape index (κ3) is 4.34. The number of aromatic amines is 1. The van der Waals surface area contributed by atoms with Gasteiger partial charge in [0.25, 0.3) is 5.91 Å². The molecule has 1 heterocycles. The lowest BCUT2D eigenvalue weighted by atomic mass is 10.1. The Balaban J connectivity index is 1.83. The maximum absolute atomic E-state index is 11.8. The van der Waals surface area contributed by atoms with E-state index in [1.54, 1.807) is 6.20 Å². The average Bonchev–Trinajstić information content (AvgIpc) is 2.86. The lowest BCUT2D eigenvalue weighted by molar-refractivity contribution is -0.147. The van der Waals surface area contributed by atoms with Crippen LogP contribution < -0.4 is 5.32 Å². The molecule has 0 aliphatic heterocycles. The zero-order valence-corrected chi connectivity index (χ0v) is 12.3. The summed E-state index contributed by atoms with van der Waals surface area (Å²) in [7, 11) is 0. The van der Waals surface area contributed by atoms with Gasteiger partial charge in [-0.1, -0.05) is 32.0 Å². The van der Waals surface area contributed by atoms with E-state index < -0.39 is 5.97 Å². The lowest BCUT2D eigenvalue weighted by Crippen LogP contribution is -2.31. The van der Waals surface area contributed by atoms with Crippen molar-refractivity contribution in [1.82, 2.24) is 10.3 Å². The number of fused-ring (bicyclic) bond motifs is 1. The number of nitrogens with one attached hydrogen (secondary N) is 2. The van der Waals surface area contributed by atoms with Crippen molar-refractivity contribution in [3.05, 3.63) is 36.0 Å². The van der Waals surface area contributed by atoms with Gasteiger partial charge in [0.05, 0.1) is 6.42 Å². The van der Waals surface area contributed by atoms with Gasteiger partial charge < -0.3 is 15.0 Å². The summed E-state index contributed by atoms with van der Waals surface area (Å²) in [5.41, 5.74) is 1.85. The molecule has 5 nitrogen and oxygen atoms in total. The highest BCUT2D eigenvalue weighted by Crippen LogP contribution is 2.18. The molecule has 2 rings (SSSR count). The van der Waals surface area contributed by atoms with Gasteiger partial charge in [-0.3, -0.25) is 9.59 Å². The fourth-order valence-electron chi connectivity index (χ4n) is 2.00. The molecule has 0 bridgehead atoms. The van der Waals surface area contributed by atoms with Crippen LogP contribution in [0, 0.1) is 5.92 Å². The van der Waals surface area contributed by atoms with E-state index in [-0.39, 0.29) is 18.9 Å². The van der Waals surface area contributed by atoms with Gasteiger partial charge in [0.2, 0.25) is 0 Å². The zero-order chi connectivity index (χ0) is 15.2. The van der Waals surface area contributed by atoms with Crippen molar-refractivity contribution in [2.75, 3.05) is 13.2 Å². The molecule has 1 aromatic carbocycles. The second-order valence-corrected chi connectivity index (χ2v) is 5.39. The first-order chi connectivity index (χ1) is 10.1. The van der Waals surface area contributed by atoms with Crippen LogP contribution >= 0.6 is 0 Å². The number of carbonyl (C=O) groups excluding carboxylic acids is 2. The summed E-state index contributed by atoms with van der Waals surface area (Å²) in [6.07, 6.45) is 1.95. The first kappa shape index (κ1) is 15.1. The SMILES string of the molecule is CC(C)CNC(=O)COC(=O)Cc1c[nH]c2ccccc12. The summed E-state index contributed by atoms with van der Waals surface area (Å²) in [5.74, 6) is -0.300. The summed E-state index contributed by atoms with van der Waals surface area (Å²) in [6, 6.07) is 7.75. The molecule has 0 atom stereocenters. The van der Waals surface area contributed by atoms with Crippen LogP contribution in [-0.4, -0.2) is 30.0 Å². The summed E-state index contributed by atoms with van der Waals surface area (Å²) in [6.45, 7) is 4.36. The number of carbonyl (C=O) groups is 2. The van der Waals surface area contributed by atoms with Crippen molar-refractivity contribution < 1.29 is 14.3 Å². The number of benzene rings is 1. The van der Waals surface area contributed by atoms with Gasteiger partial charge in [0.1, 0.15) is 0 Å². The number of hydrogen-bond donors (Lipinski definition) is 2. The molecule has 0 saturated heterocycles. The molecule has 2 N–H and O–H groups in total. The fraction of sp³-hybridized carbons (Fsp3) is 0.375. The Hall–Kier alpha value is -2.30. The molecule has 112 valence electrons. The van der Waals surface area contributed by atoms with Gasteiger partial charge in [-0.05, 0) is 17.5 Å². The maximum atomic E-state index is 11.8. The normalized spacial score (nSPS) is 10.8. The minimum absolute atomic E-state index is 0.154. The Kier molecular flexibility index (Phi) is 4.98. The van der Waals surface area contributed by atoms with E-state index in [0.717, 1.165) is 16.5 Å². The number of aromatic nitrogens is 1. The van der Waals surface area contributed by atoms with Crippen LogP contribution in [0.15, 0.2) is 30.5 Å². The Morgan fingerprint density at radius 2 is 2.05 bits per heavy atom. The summed E-state index contributed by atoms with van der Waals surface area (Å²) in [5, 5.41) is 3.70. The zero-order valence-electron chi connectivity index (χ0n) is 12.3. The predicted molar refractivity (Wildman–Crippen MR) is 80.8 cm³/mol. The van der Waals surface area contributed by atoms with Crippen LogP contribution in [-0.2, 0) is 20.7 Å². The highest BCUT2D eigenvalue weighted by atomic mass is 16.5. The van der Waals surface area contributed by atoms with Crippen molar-refractivity contribution >= 4 is 22.8 Å². The highest BCUT2D eigenvalue weighted by molar-refractivity contribution is 5.88.